The quantitative estimate of drug-likeness (QED) is 0.830. The fraction of sp³-hybridized carbons (Fsp3) is 0.556. The minimum atomic E-state index is -0.831. The average Bonchev–Trinajstić information content (AvgIpc) is 2.40. The Kier molecular flexibility index (Phi) is 4.14. The van der Waals surface area contributed by atoms with Crippen molar-refractivity contribution in [3.63, 3.8) is 0 Å². The summed E-state index contributed by atoms with van der Waals surface area (Å²) in [6.45, 7) is 3.81. The lowest BCUT2D eigenvalue weighted by molar-refractivity contribution is 0.148. The minimum Gasteiger partial charge on any atom is -0.448 e. The van der Waals surface area contributed by atoms with E-state index in [4.69, 9.17) is 17.3 Å². The molecule has 0 bridgehead atoms. The first kappa shape index (κ1) is 12.8. The molecule has 1 atom stereocenters. The Morgan fingerprint density at radius 1 is 1.75 bits per heavy atom. The number of nitrogens with zero attached hydrogens (tertiary/aromatic N) is 2. The highest BCUT2D eigenvalue weighted by Crippen LogP contribution is 2.23. The van der Waals surface area contributed by atoms with E-state index < -0.39 is 12.2 Å². The Morgan fingerprint density at radius 3 is 2.88 bits per heavy atom. The van der Waals surface area contributed by atoms with E-state index in [0.717, 1.165) is 0 Å². The predicted octanol–water partition coefficient (Wildman–Crippen LogP) is 0.994. The van der Waals surface area contributed by atoms with Crippen molar-refractivity contribution in [3.8, 4) is 0 Å². The molecular weight excluding hydrogens is 234 g/mol. The van der Waals surface area contributed by atoms with Gasteiger partial charge < -0.3 is 20.1 Å². The zero-order chi connectivity index (χ0) is 12.3. The number of aromatic nitrogens is 2. The van der Waals surface area contributed by atoms with Crippen LogP contribution in [0.1, 0.15) is 24.5 Å². The summed E-state index contributed by atoms with van der Waals surface area (Å²) in [4.78, 5) is 14.4. The summed E-state index contributed by atoms with van der Waals surface area (Å²) in [7, 11) is 0. The maximum atomic E-state index is 10.4. The molecule has 1 heterocycles. The smallest absolute Gasteiger partial charge is 0.404 e. The van der Waals surface area contributed by atoms with Gasteiger partial charge in [0, 0.05) is 0 Å². The van der Waals surface area contributed by atoms with E-state index in [1.54, 1.807) is 18.4 Å². The number of amides is 1. The number of hydrogen-bond acceptors (Lipinski definition) is 4. The molecule has 1 aromatic heterocycles. The molecule has 0 spiro atoms. The highest BCUT2D eigenvalue weighted by atomic mass is 35.5. The maximum Gasteiger partial charge on any atom is 0.404 e. The van der Waals surface area contributed by atoms with Crippen molar-refractivity contribution < 1.29 is 14.6 Å². The summed E-state index contributed by atoms with van der Waals surface area (Å²) < 4.78 is 6.30. The van der Waals surface area contributed by atoms with E-state index in [1.165, 1.54) is 0 Å². The zero-order valence-electron chi connectivity index (χ0n) is 9.11. The van der Waals surface area contributed by atoms with Crippen LogP contribution in [-0.4, -0.2) is 27.4 Å². The van der Waals surface area contributed by atoms with Gasteiger partial charge >= 0.3 is 6.09 Å². The van der Waals surface area contributed by atoms with Crippen molar-refractivity contribution in [2.75, 3.05) is 6.61 Å². The molecule has 0 radical (unpaired) electrons. The molecule has 3 N–H and O–H groups in total. The topological polar surface area (TPSA) is 90.4 Å². The summed E-state index contributed by atoms with van der Waals surface area (Å²) in [5.41, 5.74) is 5.34. The lowest BCUT2D eigenvalue weighted by atomic mass is 10.3. The number of imidazole rings is 1. The van der Waals surface area contributed by atoms with Gasteiger partial charge in [-0.2, -0.15) is 0 Å². The number of nitrogens with two attached hydrogens (primary N) is 1. The lowest BCUT2D eigenvalue weighted by Gasteiger charge is -2.11. The number of carbonyl (C=O) groups is 1. The molecule has 0 aromatic carbocycles. The first-order chi connectivity index (χ1) is 7.43. The summed E-state index contributed by atoms with van der Waals surface area (Å²) in [5.74, 6) is 0.647. The first-order valence-corrected chi connectivity index (χ1v) is 5.14. The number of halogens is 1. The third kappa shape index (κ3) is 2.86. The van der Waals surface area contributed by atoms with Gasteiger partial charge in [0.15, 0.2) is 5.15 Å². The van der Waals surface area contributed by atoms with Crippen LogP contribution < -0.4 is 5.73 Å². The highest BCUT2D eigenvalue weighted by molar-refractivity contribution is 6.30. The average molecular weight is 248 g/mol. The molecule has 1 aromatic rings. The van der Waals surface area contributed by atoms with Gasteiger partial charge in [-0.3, -0.25) is 0 Å². The minimum absolute atomic E-state index is 0.114. The first-order valence-electron chi connectivity index (χ1n) is 4.76. The van der Waals surface area contributed by atoms with Gasteiger partial charge in [0.2, 0.25) is 0 Å². The van der Waals surface area contributed by atoms with Gasteiger partial charge in [-0.05, 0) is 13.8 Å². The normalized spacial score (nSPS) is 12.5. The fourth-order valence-electron chi connectivity index (χ4n) is 1.46. The van der Waals surface area contributed by atoms with Crippen LogP contribution in [-0.2, 0) is 11.3 Å². The van der Waals surface area contributed by atoms with Gasteiger partial charge in [0.1, 0.15) is 12.4 Å². The van der Waals surface area contributed by atoms with Crippen LogP contribution in [0.3, 0.4) is 0 Å². The molecule has 1 unspecified atom stereocenters. The molecule has 0 saturated heterocycles. The van der Waals surface area contributed by atoms with Crippen LogP contribution >= 0.6 is 11.6 Å². The van der Waals surface area contributed by atoms with Crippen molar-refractivity contribution in [2.24, 2.45) is 5.73 Å². The van der Waals surface area contributed by atoms with Crippen LogP contribution in [0, 0.1) is 6.92 Å². The Hall–Kier alpha value is -1.27. The van der Waals surface area contributed by atoms with E-state index in [-0.39, 0.29) is 11.8 Å². The second-order valence-corrected chi connectivity index (χ2v) is 3.69. The van der Waals surface area contributed by atoms with Gasteiger partial charge in [-0.1, -0.05) is 11.6 Å². The molecule has 7 heteroatoms. The molecule has 0 saturated carbocycles. The number of primary amides is 1. The Labute approximate surface area is 98.0 Å². The van der Waals surface area contributed by atoms with Gasteiger partial charge in [0.05, 0.1) is 18.3 Å². The Morgan fingerprint density at radius 2 is 2.38 bits per heavy atom. The second-order valence-electron chi connectivity index (χ2n) is 3.33. The third-order valence-electron chi connectivity index (χ3n) is 2.11. The molecular formula is C9H14ClN3O3. The van der Waals surface area contributed by atoms with Crippen LogP contribution in [0.2, 0.25) is 5.15 Å². The summed E-state index contributed by atoms with van der Waals surface area (Å²) in [6.07, 6.45) is -1.57. The van der Waals surface area contributed by atoms with Gasteiger partial charge in [-0.15, -0.1) is 0 Å². The molecule has 0 aliphatic rings. The van der Waals surface area contributed by atoms with Gasteiger partial charge in [0.25, 0.3) is 0 Å². The Bertz CT molecular complexity index is 390. The SMILES string of the molecule is Cc1nc(Cl)c(C(C)O)n1CCOC(N)=O. The maximum absolute atomic E-state index is 10.4. The number of hydrogen-bond donors (Lipinski definition) is 2. The summed E-state index contributed by atoms with van der Waals surface area (Å²) in [5, 5.41) is 9.79. The number of aliphatic hydroxyl groups excluding tert-OH is 1. The van der Waals surface area contributed by atoms with Crippen LogP contribution in [0.15, 0.2) is 0 Å². The summed E-state index contributed by atoms with van der Waals surface area (Å²) >= 11 is 5.86. The third-order valence-corrected chi connectivity index (χ3v) is 2.39. The number of aryl methyl sites for hydroxylation is 1. The zero-order valence-corrected chi connectivity index (χ0v) is 9.86. The van der Waals surface area contributed by atoms with Crippen molar-refractivity contribution in [3.05, 3.63) is 16.7 Å². The molecule has 16 heavy (non-hydrogen) atoms. The molecule has 90 valence electrons. The van der Waals surface area contributed by atoms with E-state index in [9.17, 15) is 9.90 Å². The van der Waals surface area contributed by atoms with E-state index >= 15 is 0 Å². The predicted molar refractivity (Wildman–Crippen MR) is 58.1 cm³/mol. The lowest BCUT2D eigenvalue weighted by Crippen LogP contribution is -2.18. The molecule has 1 amide bonds. The molecule has 0 fully saturated rings. The van der Waals surface area contributed by atoms with Crippen LogP contribution in [0.4, 0.5) is 4.79 Å². The number of rotatable bonds is 4. The fourth-order valence-corrected chi connectivity index (χ4v) is 1.85. The number of ether oxygens (including phenoxy) is 1. The number of aliphatic hydroxyl groups is 1. The van der Waals surface area contributed by atoms with Gasteiger partial charge in [-0.25, -0.2) is 9.78 Å². The van der Waals surface area contributed by atoms with Crippen LogP contribution in [0.25, 0.3) is 0 Å². The van der Waals surface area contributed by atoms with Crippen molar-refractivity contribution in [1.82, 2.24) is 9.55 Å². The second kappa shape index (κ2) is 5.18. The van der Waals surface area contributed by atoms with Crippen molar-refractivity contribution in [2.45, 2.75) is 26.5 Å². The summed E-state index contributed by atoms with van der Waals surface area (Å²) in [6, 6.07) is 0. The highest BCUT2D eigenvalue weighted by Gasteiger charge is 2.17. The molecule has 0 aliphatic heterocycles. The van der Waals surface area contributed by atoms with E-state index in [0.29, 0.717) is 18.1 Å². The molecule has 1 rings (SSSR count). The monoisotopic (exact) mass is 247 g/mol. The molecule has 0 aliphatic carbocycles. The largest absolute Gasteiger partial charge is 0.448 e. The molecule has 6 nitrogen and oxygen atoms in total. The van der Waals surface area contributed by atoms with Crippen molar-refractivity contribution in [1.29, 1.82) is 0 Å². The standard InChI is InChI=1S/C9H14ClN3O3/c1-5(14)7-8(10)12-6(2)13(7)3-4-16-9(11)15/h5,14H,3-4H2,1-2H3,(H2,11,15). The van der Waals surface area contributed by atoms with E-state index in [1.807, 2.05) is 0 Å². The van der Waals surface area contributed by atoms with Crippen LogP contribution in [0.5, 0.6) is 0 Å². The van der Waals surface area contributed by atoms with E-state index in [2.05, 4.69) is 9.72 Å². The Balaban J connectivity index is 2.81. The number of carbonyl (C=O) groups excluding carboxylic acids is 1. The van der Waals surface area contributed by atoms with Crippen molar-refractivity contribution >= 4 is 17.7 Å².